The van der Waals surface area contributed by atoms with Crippen LogP contribution in [-0.4, -0.2) is 12.5 Å². The van der Waals surface area contributed by atoms with Crippen molar-refractivity contribution in [2.24, 2.45) is 0 Å². The van der Waals surface area contributed by atoms with Crippen molar-refractivity contribution < 1.29 is 4.74 Å². The highest BCUT2D eigenvalue weighted by Gasteiger charge is 1.98. The first-order valence-corrected chi connectivity index (χ1v) is 5.10. The highest BCUT2D eigenvalue weighted by molar-refractivity contribution is 6.42. The molecule has 0 aliphatic rings. The number of halogens is 3. The second-order valence-electron chi connectivity index (χ2n) is 2.49. The Labute approximate surface area is 92.5 Å². The summed E-state index contributed by atoms with van der Waals surface area (Å²) in [5.41, 5.74) is 1.000. The maximum absolute atomic E-state index is 5.81. The van der Waals surface area contributed by atoms with Gasteiger partial charge in [-0.15, -0.1) is 11.6 Å². The Balaban J connectivity index is 2.53. The van der Waals surface area contributed by atoms with Gasteiger partial charge in [0.25, 0.3) is 0 Å². The predicted molar refractivity (Wildman–Crippen MR) is 56.8 cm³/mol. The van der Waals surface area contributed by atoms with Gasteiger partial charge in [0.1, 0.15) is 0 Å². The van der Waals surface area contributed by atoms with Gasteiger partial charge in [0.15, 0.2) is 0 Å². The van der Waals surface area contributed by atoms with E-state index < -0.39 is 0 Å². The van der Waals surface area contributed by atoms with E-state index in [4.69, 9.17) is 39.5 Å². The Morgan fingerprint density at radius 2 is 1.92 bits per heavy atom. The molecule has 0 radical (unpaired) electrons. The lowest BCUT2D eigenvalue weighted by Crippen LogP contribution is -1.95. The molecule has 0 aliphatic carbocycles. The first-order valence-electron chi connectivity index (χ1n) is 3.81. The minimum absolute atomic E-state index is 0.501. The summed E-state index contributed by atoms with van der Waals surface area (Å²) in [6, 6.07) is 5.42. The van der Waals surface area contributed by atoms with E-state index in [9.17, 15) is 0 Å². The van der Waals surface area contributed by atoms with Gasteiger partial charge in [0.2, 0.25) is 0 Å². The molecule has 0 aromatic heterocycles. The molecule has 1 nitrogen and oxygen atoms in total. The molecular weight excluding hydrogens is 230 g/mol. The Morgan fingerprint density at radius 3 is 2.54 bits per heavy atom. The smallest absolute Gasteiger partial charge is 0.0717 e. The second kappa shape index (κ2) is 5.71. The quantitative estimate of drug-likeness (QED) is 0.574. The molecule has 1 aromatic carbocycles. The molecule has 0 unspecified atom stereocenters. The summed E-state index contributed by atoms with van der Waals surface area (Å²) in [5, 5.41) is 1.11. The summed E-state index contributed by atoms with van der Waals surface area (Å²) < 4.78 is 5.23. The highest BCUT2D eigenvalue weighted by Crippen LogP contribution is 2.22. The number of hydrogen-bond donors (Lipinski definition) is 0. The number of alkyl halides is 1. The zero-order valence-corrected chi connectivity index (χ0v) is 9.16. The number of rotatable bonds is 4. The molecule has 1 rings (SSSR count). The average molecular weight is 240 g/mol. The largest absolute Gasteiger partial charge is 0.376 e. The Kier molecular flexibility index (Phi) is 4.89. The van der Waals surface area contributed by atoms with Crippen molar-refractivity contribution in [3.05, 3.63) is 33.8 Å². The maximum Gasteiger partial charge on any atom is 0.0717 e. The van der Waals surface area contributed by atoms with Crippen LogP contribution in [0.5, 0.6) is 0 Å². The van der Waals surface area contributed by atoms with Crippen LogP contribution >= 0.6 is 34.8 Å². The van der Waals surface area contributed by atoms with Crippen molar-refractivity contribution in [2.75, 3.05) is 12.5 Å². The van der Waals surface area contributed by atoms with Crippen LogP contribution in [0.3, 0.4) is 0 Å². The van der Waals surface area contributed by atoms with Crippen LogP contribution in [0.25, 0.3) is 0 Å². The van der Waals surface area contributed by atoms with Crippen LogP contribution in [-0.2, 0) is 11.3 Å². The molecule has 0 aliphatic heterocycles. The minimum atomic E-state index is 0.501. The average Bonchev–Trinajstić information content (AvgIpc) is 2.12. The van der Waals surface area contributed by atoms with Crippen molar-refractivity contribution in [3.8, 4) is 0 Å². The topological polar surface area (TPSA) is 9.23 Å². The summed E-state index contributed by atoms with van der Waals surface area (Å²) >= 11 is 17.0. The third-order valence-electron chi connectivity index (χ3n) is 1.47. The van der Waals surface area contributed by atoms with Gasteiger partial charge in [-0.2, -0.15) is 0 Å². The molecule has 0 N–H and O–H groups in total. The van der Waals surface area contributed by atoms with Gasteiger partial charge in [-0.1, -0.05) is 29.3 Å². The van der Waals surface area contributed by atoms with E-state index in [-0.39, 0.29) is 0 Å². The van der Waals surface area contributed by atoms with Crippen molar-refractivity contribution in [2.45, 2.75) is 6.61 Å². The summed E-state index contributed by atoms with van der Waals surface area (Å²) in [5.74, 6) is 0.501. The van der Waals surface area contributed by atoms with Crippen LogP contribution in [0.15, 0.2) is 18.2 Å². The van der Waals surface area contributed by atoms with Crippen LogP contribution in [0.2, 0.25) is 10.0 Å². The molecule has 13 heavy (non-hydrogen) atoms. The van der Waals surface area contributed by atoms with Crippen LogP contribution in [0.1, 0.15) is 5.56 Å². The van der Waals surface area contributed by atoms with Gasteiger partial charge in [-0.05, 0) is 17.7 Å². The van der Waals surface area contributed by atoms with Crippen LogP contribution in [0, 0.1) is 0 Å². The number of benzene rings is 1. The van der Waals surface area contributed by atoms with E-state index in [1.807, 2.05) is 6.07 Å². The predicted octanol–water partition coefficient (Wildman–Crippen LogP) is 3.75. The van der Waals surface area contributed by atoms with E-state index in [0.717, 1.165) is 5.56 Å². The first kappa shape index (κ1) is 11.1. The number of hydrogen-bond acceptors (Lipinski definition) is 1. The molecule has 4 heteroatoms. The SMILES string of the molecule is ClCCOCc1ccc(Cl)c(Cl)c1. The highest BCUT2D eigenvalue weighted by atomic mass is 35.5. The molecule has 0 saturated heterocycles. The van der Waals surface area contributed by atoms with Gasteiger partial charge in [0, 0.05) is 5.88 Å². The van der Waals surface area contributed by atoms with Crippen LogP contribution < -0.4 is 0 Å². The summed E-state index contributed by atoms with van der Waals surface area (Å²) in [6.07, 6.45) is 0. The van der Waals surface area contributed by atoms with E-state index in [2.05, 4.69) is 0 Å². The molecule has 1 aromatic rings. The zero-order chi connectivity index (χ0) is 9.68. The zero-order valence-electron chi connectivity index (χ0n) is 6.90. The first-order chi connectivity index (χ1) is 6.24. The lowest BCUT2D eigenvalue weighted by molar-refractivity contribution is 0.136. The molecule has 0 spiro atoms. The monoisotopic (exact) mass is 238 g/mol. The maximum atomic E-state index is 5.81. The molecule has 0 heterocycles. The van der Waals surface area contributed by atoms with Gasteiger partial charge in [-0.3, -0.25) is 0 Å². The lowest BCUT2D eigenvalue weighted by Gasteiger charge is -2.03. The van der Waals surface area contributed by atoms with E-state index in [1.54, 1.807) is 12.1 Å². The van der Waals surface area contributed by atoms with Gasteiger partial charge in [-0.25, -0.2) is 0 Å². The third-order valence-corrected chi connectivity index (χ3v) is 2.37. The van der Waals surface area contributed by atoms with E-state index in [1.165, 1.54) is 0 Å². The molecule has 0 amide bonds. The van der Waals surface area contributed by atoms with Crippen LogP contribution in [0.4, 0.5) is 0 Å². The van der Waals surface area contributed by atoms with Gasteiger partial charge in [0.05, 0.1) is 23.3 Å². The molecular formula is C9H9Cl3O. The normalized spacial score (nSPS) is 10.4. The minimum Gasteiger partial charge on any atom is -0.376 e. The van der Waals surface area contributed by atoms with Crippen molar-refractivity contribution in [3.63, 3.8) is 0 Å². The fourth-order valence-corrected chi connectivity index (χ4v) is 1.30. The molecule has 0 bridgehead atoms. The van der Waals surface area contributed by atoms with Crippen molar-refractivity contribution in [1.82, 2.24) is 0 Å². The van der Waals surface area contributed by atoms with E-state index in [0.29, 0.717) is 29.1 Å². The van der Waals surface area contributed by atoms with Gasteiger partial charge < -0.3 is 4.74 Å². The molecule has 0 atom stereocenters. The molecule has 72 valence electrons. The van der Waals surface area contributed by atoms with Crippen molar-refractivity contribution in [1.29, 1.82) is 0 Å². The Morgan fingerprint density at radius 1 is 1.15 bits per heavy atom. The lowest BCUT2D eigenvalue weighted by atomic mass is 10.2. The van der Waals surface area contributed by atoms with Gasteiger partial charge >= 0.3 is 0 Å². The van der Waals surface area contributed by atoms with Crippen molar-refractivity contribution >= 4 is 34.8 Å². The fourth-order valence-electron chi connectivity index (χ4n) is 0.874. The summed E-state index contributed by atoms with van der Waals surface area (Å²) in [4.78, 5) is 0. The summed E-state index contributed by atoms with van der Waals surface area (Å²) in [7, 11) is 0. The number of ether oxygens (including phenoxy) is 1. The third kappa shape index (κ3) is 3.74. The standard InChI is InChI=1S/C9H9Cl3O/c10-3-4-13-6-7-1-2-8(11)9(12)5-7/h1-2,5H,3-4,6H2. The fraction of sp³-hybridized carbons (Fsp3) is 0.333. The van der Waals surface area contributed by atoms with E-state index >= 15 is 0 Å². The summed E-state index contributed by atoms with van der Waals surface area (Å²) in [6.45, 7) is 1.06. The second-order valence-corrected chi connectivity index (χ2v) is 3.68. The Hall–Kier alpha value is 0.0500. The molecule has 0 fully saturated rings. The molecule has 0 saturated carbocycles. The Bertz CT molecular complexity index is 276.